The largest absolute Gasteiger partial charge is 0.369 e. The van der Waals surface area contributed by atoms with E-state index in [-0.39, 0.29) is 5.78 Å². The monoisotopic (exact) mass is 548 g/mol. The zero-order valence-corrected chi connectivity index (χ0v) is 25.6. The highest BCUT2D eigenvalue weighted by molar-refractivity contribution is 6.23. The molecule has 214 valence electrons. The van der Waals surface area contributed by atoms with Gasteiger partial charge in [-0.05, 0) is 108 Å². The van der Waals surface area contributed by atoms with E-state index in [1.807, 2.05) is 24.3 Å². The van der Waals surface area contributed by atoms with Crippen LogP contribution >= 0.6 is 0 Å². The molecule has 0 saturated heterocycles. The van der Waals surface area contributed by atoms with Gasteiger partial charge in [-0.2, -0.15) is 0 Å². The van der Waals surface area contributed by atoms with Crippen molar-refractivity contribution in [2.75, 3.05) is 28.2 Å². The van der Waals surface area contributed by atoms with E-state index in [0.717, 1.165) is 46.9 Å². The minimum Gasteiger partial charge on any atom is -0.369 e. The van der Waals surface area contributed by atoms with Gasteiger partial charge in [0.1, 0.15) is 0 Å². The number of rotatable bonds is 11. The van der Waals surface area contributed by atoms with Crippen LogP contribution in [0.3, 0.4) is 0 Å². The first-order valence-electron chi connectivity index (χ1n) is 14.8. The summed E-state index contributed by atoms with van der Waals surface area (Å²) in [7, 11) is 0. The molecule has 0 fully saturated rings. The van der Waals surface area contributed by atoms with Crippen LogP contribution in [-0.2, 0) is 11.2 Å². The van der Waals surface area contributed by atoms with Crippen LogP contribution in [0.25, 0.3) is 0 Å². The molecule has 0 unspecified atom stereocenters. The molecule has 5 heteroatoms. The quantitative estimate of drug-likeness (QED) is 0.245. The number of carbonyl (C=O) groups is 1. The molecule has 4 rings (SSSR count). The van der Waals surface area contributed by atoms with E-state index in [1.54, 1.807) is 6.08 Å². The zero-order valence-electron chi connectivity index (χ0n) is 25.6. The number of nitrogens with one attached hydrogen (secondary N) is 1. The maximum absolute atomic E-state index is 13.4. The predicted molar refractivity (Wildman–Crippen MR) is 176 cm³/mol. The van der Waals surface area contributed by atoms with Gasteiger partial charge in [0.15, 0.2) is 5.78 Å². The number of aryl methyl sites for hydroxylation is 1. The number of ketones is 1. The summed E-state index contributed by atoms with van der Waals surface area (Å²) in [6.07, 6.45) is 4.20. The second-order valence-corrected chi connectivity index (χ2v) is 11.1. The highest BCUT2D eigenvalue weighted by Crippen LogP contribution is 2.27. The van der Waals surface area contributed by atoms with Crippen LogP contribution in [0.5, 0.6) is 0 Å². The minimum atomic E-state index is 0.00680. The fourth-order valence-corrected chi connectivity index (χ4v) is 5.38. The molecule has 5 nitrogen and oxygen atoms in total. The Kier molecular flexibility index (Phi) is 9.82. The number of nitrogens with zero attached hydrogens (tertiary/aromatic N) is 3. The smallest absolute Gasteiger partial charge is 0.184 e. The fraction of sp³-hybridized carbons (Fsp3) is 0.333. The molecule has 41 heavy (non-hydrogen) atoms. The first kappa shape index (κ1) is 29.9. The van der Waals surface area contributed by atoms with Crippen molar-refractivity contribution in [2.24, 2.45) is 4.99 Å². The van der Waals surface area contributed by atoms with Gasteiger partial charge >= 0.3 is 0 Å². The molecule has 0 radical (unpaired) electrons. The summed E-state index contributed by atoms with van der Waals surface area (Å²) in [6, 6.07) is 25.9. The van der Waals surface area contributed by atoms with E-state index >= 15 is 0 Å². The number of hydrogen-bond donors (Lipinski definition) is 1. The van der Waals surface area contributed by atoms with Crippen molar-refractivity contribution in [2.45, 2.75) is 67.0 Å². The van der Waals surface area contributed by atoms with Crippen molar-refractivity contribution in [1.82, 2.24) is 0 Å². The van der Waals surface area contributed by atoms with Gasteiger partial charge in [0.2, 0.25) is 0 Å². The molecule has 0 bridgehead atoms. The van der Waals surface area contributed by atoms with E-state index in [1.165, 1.54) is 11.4 Å². The molecule has 1 aliphatic carbocycles. The second kappa shape index (κ2) is 13.5. The number of carbonyl (C=O) groups excluding carboxylic acids is 1. The summed E-state index contributed by atoms with van der Waals surface area (Å²) >= 11 is 0. The van der Waals surface area contributed by atoms with Crippen LogP contribution in [0.2, 0.25) is 0 Å². The van der Waals surface area contributed by atoms with E-state index < -0.39 is 0 Å². The standard InChI is InChI=1S/C36H44N4O/c1-8-39(25(3)4)31-18-14-28(15-19-31)22-29-23-34(35(24-36(29)41)38-33-13-11-10-12-27(33)7)37-30-16-20-32(21-17-30)40(9-2)26(5)6/h10-21,23-26,38H,8-9,22H2,1-7H3. The highest BCUT2D eigenvalue weighted by Gasteiger charge is 2.20. The van der Waals surface area contributed by atoms with Gasteiger partial charge in [-0.15, -0.1) is 0 Å². The predicted octanol–water partition coefficient (Wildman–Crippen LogP) is 8.28. The van der Waals surface area contributed by atoms with Gasteiger partial charge in [-0.3, -0.25) is 4.79 Å². The van der Waals surface area contributed by atoms with Crippen molar-refractivity contribution >= 4 is 34.2 Å². The summed E-state index contributed by atoms with van der Waals surface area (Å²) in [5.41, 5.74) is 8.59. The van der Waals surface area contributed by atoms with Crippen LogP contribution in [0.15, 0.2) is 101 Å². The van der Waals surface area contributed by atoms with Gasteiger partial charge in [-0.25, -0.2) is 4.99 Å². The van der Waals surface area contributed by atoms with Gasteiger partial charge in [0.05, 0.1) is 17.1 Å². The molecule has 3 aromatic rings. The van der Waals surface area contributed by atoms with Crippen molar-refractivity contribution < 1.29 is 4.79 Å². The third kappa shape index (κ3) is 7.35. The molecule has 0 aliphatic heterocycles. The van der Waals surface area contributed by atoms with Gasteiger partial charge in [0, 0.05) is 60.3 Å². The summed E-state index contributed by atoms with van der Waals surface area (Å²) in [6.45, 7) is 17.1. The first-order valence-corrected chi connectivity index (χ1v) is 14.8. The third-order valence-corrected chi connectivity index (χ3v) is 7.61. The maximum Gasteiger partial charge on any atom is 0.184 e. The molecule has 0 spiro atoms. The number of anilines is 3. The Morgan fingerprint density at radius 1 is 0.756 bits per heavy atom. The molecule has 0 heterocycles. The number of allylic oxidation sites excluding steroid dienone is 3. The van der Waals surface area contributed by atoms with Gasteiger partial charge < -0.3 is 15.1 Å². The third-order valence-electron chi connectivity index (χ3n) is 7.61. The number of benzene rings is 3. The topological polar surface area (TPSA) is 47.9 Å². The van der Waals surface area contributed by atoms with Crippen molar-refractivity contribution in [3.8, 4) is 0 Å². The van der Waals surface area contributed by atoms with Crippen molar-refractivity contribution in [3.05, 3.63) is 107 Å². The first-order chi connectivity index (χ1) is 19.7. The van der Waals surface area contributed by atoms with Crippen LogP contribution in [0, 0.1) is 6.92 Å². The molecule has 0 amide bonds. The Hall–Kier alpha value is -4.12. The lowest BCUT2D eigenvalue weighted by atomic mass is 9.94. The Bertz CT molecular complexity index is 1430. The SMILES string of the molecule is CCN(c1ccc(CC2=CC(=Nc3ccc(N(CC)C(C)C)cc3)C(Nc3ccccc3C)=CC2=O)cc1)C(C)C. The average molecular weight is 549 g/mol. The minimum absolute atomic E-state index is 0.00680. The summed E-state index contributed by atoms with van der Waals surface area (Å²) in [5.74, 6) is 0.00680. The van der Waals surface area contributed by atoms with Crippen LogP contribution < -0.4 is 15.1 Å². The fourth-order valence-electron chi connectivity index (χ4n) is 5.38. The molecule has 1 N–H and O–H groups in total. The highest BCUT2D eigenvalue weighted by atomic mass is 16.1. The number of para-hydroxylation sites is 1. The van der Waals surface area contributed by atoms with Crippen molar-refractivity contribution in [1.29, 1.82) is 0 Å². The molecule has 1 aliphatic rings. The number of hydrogen-bond acceptors (Lipinski definition) is 5. The second-order valence-electron chi connectivity index (χ2n) is 11.1. The van der Waals surface area contributed by atoms with Crippen LogP contribution in [0.4, 0.5) is 22.7 Å². The molecular weight excluding hydrogens is 504 g/mol. The van der Waals surface area contributed by atoms with Gasteiger partial charge in [-0.1, -0.05) is 30.3 Å². The summed E-state index contributed by atoms with van der Waals surface area (Å²) < 4.78 is 0. The van der Waals surface area contributed by atoms with E-state index in [9.17, 15) is 4.79 Å². The lowest BCUT2D eigenvalue weighted by Gasteiger charge is -2.27. The van der Waals surface area contributed by atoms with Crippen LogP contribution in [-0.4, -0.2) is 36.7 Å². The maximum atomic E-state index is 13.4. The Morgan fingerprint density at radius 2 is 1.32 bits per heavy atom. The Morgan fingerprint density at radius 3 is 1.85 bits per heavy atom. The molecule has 0 saturated carbocycles. The van der Waals surface area contributed by atoms with Gasteiger partial charge in [0.25, 0.3) is 0 Å². The van der Waals surface area contributed by atoms with E-state index in [0.29, 0.717) is 24.2 Å². The normalized spacial score (nSPS) is 14.4. The average Bonchev–Trinajstić information content (AvgIpc) is 2.94. The lowest BCUT2D eigenvalue weighted by molar-refractivity contribution is -0.111. The lowest BCUT2D eigenvalue weighted by Crippen LogP contribution is -2.30. The Labute approximate surface area is 246 Å². The van der Waals surface area contributed by atoms with Crippen molar-refractivity contribution in [3.63, 3.8) is 0 Å². The molecular formula is C36H44N4O. The molecule has 0 aromatic heterocycles. The summed E-state index contributed by atoms with van der Waals surface area (Å²) in [5, 5.41) is 3.48. The molecule has 0 atom stereocenters. The van der Waals surface area contributed by atoms with E-state index in [2.05, 4.69) is 118 Å². The number of aliphatic imine (C=N–C) groups is 1. The van der Waals surface area contributed by atoms with E-state index in [4.69, 9.17) is 4.99 Å². The zero-order chi connectivity index (χ0) is 29.5. The van der Waals surface area contributed by atoms with Crippen LogP contribution in [0.1, 0.15) is 52.7 Å². The molecule has 3 aromatic carbocycles. The Balaban J connectivity index is 1.65. The summed E-state index contributed by atoms with van der Waals surface area (Å²) in [4.78, 5) is 23.1.